The summed E-state index contributed by atoms with van der Waals surface area (Å²) in [5, 5.41) is 120. The lowest BCUT2D eigenvalue weighted by molar-refractivity contribution is -0.148. The summed E-state index contributed by atoms with van der Waals surface area (Å²) >= 11 is 0. The van der Waals surface area contributed by atoms with Gasteiger partial charge in [-0.05, 0) is 192 Å². The van der Waals surface area contributed by atoms with Crippen LogP contribution < -0.4 is 147 Å². The minimum absolute atomic E-state index is 0.00493. The van der Waals surface area contributed by atoms with Gasteiger partial charge in [-0.25, -0.2) is 4.79 Å². The Morgan fingerprint density at radius 1 is 0.297 bits per heavy atom. The smallest absolute Gasteiger partial charge is 0.326 e. The Morgan fingerprint density at radius 2 is 0.545 bits per heavy atom. The third kappa shape index (κ3) is 41.5. The zero-order chi connectivity index (χ0) is 108. The Morgan fingerprint density at radius 3 is 0.883 bits per heavy atom. The molecule has 0 saturated carbocycles. The summed E-state index contributed by atoms with van der Waals surface area (Å²) in [6, 6.07) is -20.8. The van der Waals surface area contributed by atoms with Gasteiger partial charge in [0.15, 0.2) is 47.7 Å². The molecule has 57 nitrogen and oxygen atoms in total. The number of likely N-dealkylation sites (tertiary alicyclic amines) is 5. The minimum atomic E-state index is -1.45. The van der Waals surface area contributed by atoms with Crippen molar-refractivity contribution < 1.29 is 81.8 Å². The number of hydrogen-bond donors (Lipinski definition) is 36. The van der Waals surface area contributed by atoms with E-state index >= 15 is 24.0 Å². The Bertz CT molecular complexity index is 4490. The highest BCUT2D eigenvalue weighted by molar-refractivity contribution is 6.02. The number of nitrogens with one attached hydrogen (secondary N) is 26. The Kier molecular flexibility index (Phi) is 52.0. The highest BCUT2D eigenvalue weighted by Crippen LogP contribution is 2.30. The minimum Gasteiger partial charge on any atom is -0.480 e. The molecule has 5 aliphatic rings. The van der Waals surface area contributed by atoms with E-state index in [2.05, 4.69) is 95.7 Å². The predicted octanol–water partition coefficient (Wildman–Crippen LogP) is -9.58. The fourth-order valence-corrected chi connectivity index (χ4v) is 17.9. The third-order valence-electron chi connectivity index (χ3n) is 25.6. The van der Waals surface area contributed by atoms with Crippen LogP contribution >= 0.6 is 0 Å². The Balaban J connectivity index is 1.35. The number of carboxylic acids is 1. The molecular formula is C88H160N40O17. The van der Waals surface area contributed by atoms with E-state index in [-0.39, 0.29) is 274 Å². The lowest BCUT2D eigenvalue weighted by atomic mass is 9.96. The van der Waals surface area contributed by atoms with Crippen LogP contribution in [0.3, 0.4) is 0 Å². The first-order valence-corrected chi connectivity index (χ1v) is 49.8. The molecule has 15 amide bonds. The molecule has 5 saturated heterocycles. The van der Waals surface area contributed by atoms with Crippen molar-refractivity contribution in [2.75, 3.05) is 85.1 Å². The number of carbonyl (C=O) groups excluding carboxylic acids is 15. The fraction of sp³-hybridized carbons (Fsp3) is 0.727. The Labute approximate surface area is 843 Å². The molecule has 5 aliphatic heterocycles. The summed E-state index contributed by atoms with van der Waals surface area (Å²) in [5.74, 6) is -16.5. The lowest BCUT2D eigenvalue weighted by Gasteiger charge is -2.34. The summed E-state index contributed by atoms with van der Waals surface area (Å²) in [6.07, 6.45) is 3.35. The highest BCUT2D eigenvalue weighted by atomic mass is 16.4. The number of amides is 15. The molecule has 0 aromatic carbocycles. The monoisotopic (exact) mass is 2050 g/mol. The third-order valence-corrected chi connectivity index (χ3v) is 25.6. The molecule has 0 spiro atoms. The summed E-state index contributed by atoms with van der Waals surface area (Å²) in [6.45, 7) is 9.27. The first-order valence-electron chi connectivity index (χ1n) is 49.8. The molecule has 814 valence electrons. The van der Waals surface area contributed by atoms with Gasteiger partial charge in [0, 0.05) is 85.1 Å². The molecule has 0 unspecified atom stereocenters. The topological polar surface area (TPSA) is 951 Å². The first-order chi connectivity index (χ1) is 68.7. The van der Waals surface area contributed by atoms with E-state index in [1.54, 1.807) is 27.7 Å². The number of rotatable bonds is 62. The molecule has 0 radical (unpaired) electrons. The van der Waals surface area contributed by atoms with Gasteiger partial charge in [0.05, 0.1) is 6.04 Å². The van der Waals surface area contributed by atoms with E-state index in [9.17, 15) is 57.8 Å². The van der Waals surface area contributed by atoms with Crippen molar-refractivity contribution in [3.8, 4) is 0 Å². The summed E-state index contributed by atoms with van der Waals surface area (Å²) in [4.78, 5) is 239. The van der Waals surface area contributed by atoms with Crippen molar-refractivity contribution in [1.29, 1.82) is 43.3 Å². The summed E-state index contributed by atoms with van der Waals surface area (Å²) < 4.78 is 0. The van der Waals surface area contributed by atoms with Crippen molar-refractivity contribution in [3.05, 3.63) is 0 Å². The maximum Gasteiger partial charge on any atom is 0.326 e. The van der Waals surface area contributed by atoms with Crippen molar-refractivity contribution >= 4 is 142 Å². The van der Waals surface area contributed by atoms with Gasteiger partial charge in [-0.2, -0.15) is 0 Å². The molecule has 5 fully saturated rings. The molecule has 0 aliphatic carbocycles. The maximum absolute atomic E-state index is 15.3. The van der Waals surface area contributed by atoms with Crippen LogP contribution in [0.1, 0.15) is 214 Å². The van der Waals surface area contributed by atoms with Gasteiger partial charge in [0.2, 0.25) is 88.6 Å². The number of nitrogens with two attached hydrogens (primary N) is 9. The van der Waals surface area contributed by atoms with Gasteiger partial charge >= 0.3 is 5.97 Å². The normalized spacial score (nSPS) is 18.8. The lowest BCUT2D eigenvalue weighted by Crippen LogP contribution is -2.61. The van der Waals surface area contributed by atoms with E-state index in [1.807, 2.05) is 0 Å². The van der Waals surface area contributed by atoms with Crippen molar-refractivity contribution in [3.63, 3.8) is 0 Å². The van der Waals surface area contributed by atoms with E-state index in [0.29, 0.717) is 32.1 Å². The van der Waals surface area contributed by atoms with Crippen LogP contribution in [0.2, 0.25) is 0 Å². The van der Waals surface area contributed by atoms with Crippen molar-refractivity contribution in [1.82, 2.24) is 120 Å². The van der Waals surface area contributed by atoms with E-state index in [1.165, 1.54) is 31.4 Å². The number of nitrogens with zero attached hydrogens (tertiary/aromatic N) is 5. The number of carbonyl (C=O) groups is 16. The zero-order valence-electron chi connectivity index (χ0n) is 83.8. The molecule has 57 heteroatoms. The Hall–Kier alpha value is -14.4. The second-order valence-electron chi connectivity index (χ2n) is 37.5. The van der Waals surface area contributed by atoms with E-state index in [0.717, 1.165) is 0 Å². The molecule has 17 atom stereocenters. The molecule has 0 aromatic rings. The molecule has 5 heterocycles. The van der Waals surface area contributed by atoms with Crippen LogP contribution in [0.15, 0.2) is 0 Å². The van der Waals surface area contributed by atoms with Gasteiger partial charge in [-0.1, -0.05) is 34.1 Å². The van der Waals surface area contributed by atoms with E-state index in [4.69, 9.17) is 94.9 Å². The quantitative estimate of drug-likeness (QED) is 0.0153. The molecule has 0 bridgehead atoms. The van der Waals surface area contributed by atoms with Crippen LogP contribution in [0.5, 0.6) is 0 Å². The molecule has 145 heavy (non-hydrogen) atoms. The van der Waals surface area contributed by atoms with Crippen LogP contribution in [0.4, 0.5) is 0 Å². The molecule has 0 aromatic heterocycles. The summed E-state index contributed by atoms with van der Waals surface area (Å²) in [5.41, 5.74) is 50.4. The number of carboxylic acid groups (broad SMARTS) is 1. The van der Waals surface area contributed by atoms with Gasteiger partial charge in [-0.15, -0.1) is 0 Å². The maximum atomic E-state index is 15.3. The average molecular weight is 2050 g/mol. The largest absolute Gasteiger partial charge is 0.480 e. The predicted molar refractivity (Wildman–Crippen MR) is 536 cm³/mol. The molecular weight excluding hydrogens is 1890 g/mol. The van der Waals surface area contributed by atoms with Crippen LogP contribution in [-0.2, 0) is 76.7 Å². The van der Waals surface area contributed by atoms with Crippen molar-refractivity contribution in [2.24, 2.45) is 63.4 Å². The second-order valence-corrected chi connectivity index (χ2v) is 37.5. The zero-order valence-corrected chi connectivity index (χ0v) is 83.8. The second kappa shape index (κ2) is 62.3. The van der Waals surface area contributed by atoms with Gasteiger partial charge in [0.25, 0.3) is 0 Å². The van der Waals surface area contributed by atoms with Gasteiger partial charge in [-0.3, -0.25) is 115 Å². The van der Waals surface area contributed by atoms with Crippen LogP contribution in [0.25, 0.3) is 0 Å². The fourth-order valence-electron chi connectivity index (χ4n) is 17.9. The average Bonchev–Trinajstić information content (AvgIpc) is 1.68. The number of hydrogen-bond acceptors (Lipinski definition) is 25. The molecule has 45 N–H and O–H groups in total. The number of guanidine groups is 8. The van der Waals surface area contributed by atoms with E-state index < -0.39 is 209 Å². The standard InChI is InChI=1S/C88H160N40O17/c1-6-48(4)64(123-69(133)53(23-10-36-109-84(96)97)115-66(130)50(89)20-7-33-106-81(90)91)74(138)117-51(21-8-34-107-82(92)93)67(131)114-49(5)65(129)118-54(24-11-37-110-85(98)99)77(141)128-45-19-32-63(128)79(143)127-44-18-31-62(127)70(134)116-52(22-9-35-108-83(94)95)68(132)122-58(46-47(2)3)78(142)126-43-17-29-60(126)72(136)120-55(25-12-38-111-86(100)101)75(139)124-41-15-28-59(124)71(135)119-56(26-13-39-112-87(102)103)76(140)125-42-16-30-61(125)73(137)121-57(80(144)145)27-14-40-113-88(104)105/h47-64H,6-46,89H2,1-5H3,(H,114,131)(H,115,130)(H,116,134)(H,117,138)(H,118,129)(H,119,135)(H,120,136)(H,121,137)(H,122,132)(H,123,133)(H,144,145)(H4,90,91,106)(H4,92,93,107)(H4,94,95,108)(H4,96,97,109)(H4,98,99,110)(H4,100,101,111)(H4,102,103,112)(H4,104,105,113)/t48-,49-,50-,51-,52-,53-,54-,55-,56-,57-,58-,59-,60-,61-,62-,63-,64-/m0/s1. The van der Waals surface area contributed by atoms with Crippen LogP contribution in [-0.4, -0.2) is 354 Å². The first kappa shape index (κ1) is 121. The summed E-state index contributed by atoms with van der Waals surface area (Å²) in [7, 11) is 0. The van der Waals surface area contributed by atoms with Gasteiger partial charge in [0.1, 0.15) is 90.6 Å². The van der Waals surface area contributed by atoms with Crippen LogP contribution in [0, 0.1) is 55.1 Å². The number of aliphatic carboxylic acids is 1. The van der Waals surface area contributed by atoms with Gasteiger partial charge < -0.3 is 177 Å². The molecule has 5 rings (SSSR count). The SMILES string of the molecule is CC[C@H](C)[C@H](NC(=O)[C@H](CCCNC(=N)N)NC(=O)[C@@H](N)CCCNC(=N)N)C(=O)N[C@@H](CCCNC(=N)N)C(=O)N[C@@H](C)C(=O)N[C@@H](CCCNC(=N)N)C(=O)N1CCC[C@H]1C(=O)N1CCC[C@H]1C(=O)N[C@@H](CCCNC(=N)N)C(=O)N[C@@H](CC(C)C)C(=O)N1CCC[C@H]1C(=O)N[C@@H](CCCNC(=N)N)C(=O)N1CCC[C@H]1C(=O)N[C@@H](CCCNC(=N)N)C(=O)N1CCC[C@H]1C(=O)N[C@@H](CCCNC(=N)N)C(=O)O. The highest BCUT2D eigenvalue weighted by Gasteiger charge is 2.48. The van der Waals surface area contributed by atoms with Crippen molar-refractivity contribution in [2.45, 2.75) is 311 Å².